The molecule has 1 heterocycles. The molecule has 0 radical (unpaired) electrons. The molecular formula is C11H10BrNO3. The van der Waals surface area contributed by atoms with Gasteiger partial charge in [-0.15, -0.1) is 0 Å². The normalized spacial score (nSPS) is 10.6. The molecule has 0 unspecified atom stereocenters. The minimum absolute atomic E-state index is 0.0743. The summed E-state index contributed by atoms with van der Waals surface area (Å²) in [6.45, 7) is 1.99. The number of hydrogen-bond acceptors (Lipinski definition) is 3. The molecule has 2 rings (SSSR count). The summed E-state index contributed by atoms with van der Waals surface area (Å²) in [5.74, 6) is -0.623. The Morgan fingerprint density at radius 1 is 1.56 bits per heavy atom. The van der Waals surface area contributed by atoms with Crippen molar-refractivity contribution in [2.75, 3.05) is 6.61 Å². The molecule has 0 bridgehead atoms. The molecule has 2 N–H and O–H groups in total. The van der Waals surface area contributed by atoms with Crippen LogP contribution < -0.4 is 0 Å². The molecule has 0 saturated heterocycles. The van der Waals surface area contributed by atoms with Crippen LogP contribution in [0.2, 0.25) is 0 Å². The van der Waals surface area contributed by atoms with E-state index in [4.69, 9.17) is 4.74 Å². The lowest BCUT2D eigenvalue weighted by Gasteiger charge is -1.98. The number of carbonyl (C=O) groups is 1. The first-order valence-electron chi connectivity index (χ1n) is 4.80. The molecule has 5 heteroatoms. The van der Waals surface area contributed by atoms with Crippen molar-refractivity contribution >= 4 is 32.8 Å². The van der Waals surface area contributed by atoms with Crippen molar-refractivity contribution in [1.82, 2.24) is 4.98 Å². The number of H-pyrrole nitrogens is 1. The lowest BCUT2D eigenvalue weighted by Crippen LogP contribution is -2.04. The number of halogens is 1. The molecule has 2 aromatic rings. The first-order valence-corrected chi connectivity index (χ1v) is 5.60. The number of rotatable bonds is 2. The summed E-state index contributed by atoms with van der Waals surface area (Å²) in [4.78, 5) is 14.3. The van der Waals surface area contributed by atoms with Gasteiger partial charge in [-0.1, -0.05) is 15.9 Å². The molecule has 0 fully saturated rings. The second kappa shape index (κ2) is 4.17. The molecule has 84 valence electrons. The highest BCUT2D eigenvalue weighted by Gasteiger charge is 2.18. The lowest BCUT2D eigenvalue weighted by atomic mass is 10.2. The third kappa shape index (κ3) is 1.78. The van der Waals surface area contributed by atoms with E-state index in [1.54, 1.807) is 19.1 Å². The maximum atomic E-state index is 11.5. The average molecular weight is 284 g/mol. The largest absolute Gasteiger partial charge is 0.505 e. The molecule has 0 saturated carbocycles. The number of benzene rings is 1. The minimum atomic E-state index is -0.549. The van der Waals surface area contributed by atoms with Gasteiger partial charge in [0.1, 0.15) is 0 Å². The Bertz CT molecular complexity index is 547. The summed E-state index contributed by atoms with van der Waals surface area (Å²) in [6, 6.07) is 5.35. The third-order valence-corrected chi connectivity index (χ3v) is 2.71. The van der Waals surface area contributed by atoms with Gasteiger partial charge in [0.2, 0.25) is 0 Å². The Morgan fingerprint density at radius 2 is 2.31 bits per heavy atom. The van der Waals surface area contributed by atoms with Gasteiger partial charge >= 0.3 is 5.97 Å². The number of esters is 1. The van der Waals surface area contributed by atoms with Crippen LogP contribution in [0.25, 0.3) is 10.9 Å². The number of aromatic hydroxyl groups is 1. The van der Waals surface area contributed by atoms with E-state index in [2.05, 4.69) is 20.9 Å². The Hall–Kier alpha value is -1.49. The van der Waals surface area contributed by atoms with Gasteiger partial charge in [0.05, 0.1) is 6.61 Å². The summed E-state index contributed by atoms with van der Waals surface area (Å²) in [5, 5.41) is 10.5. The zero-order chi connectivity index (χ0) is 11.7. The van der Waals surface area contributed by atoms with Crippen LogP contribution in [-0.4, -0.2) is 22.7 Å². The van der Waals surface area contributed by atoms with Gasteiger partial charge in [-0.05, 0) is 25.1 Å². The highest BCUT2D eigenvalue weighted by atomic mass is 79.9. The van der Waals surface area contributed by atoms with E-state index < -0.39 is 5.97 Å². The molecule has 0 amide bonds. The van der Waals surface area contributed by atoms with Crippen molar-refractivity contribution in [1.29, 1.82) is 0 Å². The van der Waals surface area contributed by atoms with Crippen molar-refractivity contribution < 1.29 is 14.6 Å². The molecular weight excluding hydrogens is 274 g/mol. The molecule has 0 aliphatic carbocycles. The van der Waals surface area contributed by atoms with Crippen molar-refractivity contribution in [3.05, 3.63) is 28.4 Å². The number of carbonyl (C=O) groups excluding carboxylic acids is 1. The number of nitrogens with one attached hydrogen (secondary N) is 1. The average Bonchev–Trinajstić information content (AvgIpc) is 2.57. The highest BCUT2D eigenvalue weighted by Crippen LogP contribution is 2.31. The molecule has 1 aromatic carbocycles. The van der Waals surface area contributed by atoms with Crippen molar-refractivity contribution in [2.24, 2.45) is 0 Å². The molecule has 1 aromatic heterocycles. The molecule has 0 aliphatic heterocycles. The zero-order valence-corrected chi connectivity index (χ0v) is 10.2. The van der Waals surface area contributed by atoms with Gasteiger partial charge in [0.15, 0.2) is 11.4 Å². The highest BCUT2D eigenvalue weighted by molar-refractivity contribution is 9.10. The van der Waals surface area contributed by atoms with Crippen LogP contribution in [-0.2, 0) is 4.74 Å². The number of aromatic amines is 1. The van der Waals surface area contributed by atoms with Crippen molar-refractivity contribution in [3.63, 3.8) is 0 Å². The number of ether oxygens (including phenoxy) is 1. The van der Waals surface area contributed by atoms with Crippen LogP contribution >= 0.6 is 15.9 Å². The van der Waals surface area contributed by atoms with Gasteiger partial charge in [0, 0.05) is 15.4 Å². The lowest BCUT2D eigenvalue weighted by molar-refractivity contribution is 0.0517. The Kier molecular flexibility index (Phi) is 2.87. The second-order valence-electron chi connectivity index (χ2n) is 3.26. The molecule has 0 atom stereocenters. The van der Waals surface area contributed by atoms with E-state index in [0.29, 0.717) is 10.9 Å². The van der Waals surface area contributed by atoms with E-state index >= 15 is 0 Å². The summed E-state index contributed by atoms with van der Waals surface area (Å²) in [7, 11) is 0. The van der Waals surface area contributed by atoms with E-state index in [0.717, 1.165) is 4.47 Å². The van der Waals surface area contributed by atoms with Gasteiger partial charge < -0.3 is 14.8 Å². The topological polar surface area (TPSA) is 62.3 Å². The maximum absolute atomic E-state index is 11.5. The first-order chi connectivity index (χ1) is 7.63. The quantitative estimate of drug-likeness (QED) is 0.833. The summed E-state index contributed by atoms with van der Waals surface area (Å²) in [6.07, 6.45) is 0. The van der Waals surface area contributed by atoms with Gasteiger partial charge in [-0.25, -0.2) is 4.79 Å². The number of hydrogen-bond donors (Lipinski definition) is 2. The van der Waals surface area contributed by atoms with Crippen LogP contribution in [0.15, 0.2) is 22.7 Å². The first kappa shape index (κ1) is 11.0. The fraction of sp³-hybridized carbons (Fsp3) is 0.182. The van der Waals surface area contributed by atoms with Gasteiger partial charge in [-0.2, -0.15) is 0 Å². The van der Waals surface area contributed by atoms with Crippen LogP contribution in [0.5, 0.6) is 5.75 Å². The molecule has 0 aliphatic rings. The van der Waals surface area contributed by atoms with E-state index in [-0.39, 0.29) is 18.1 Å². The van der Waals surface area contributed by atoms with Crippen LogP contribution in [0.4, 0.5) is 0 Å². The van der Waals surface area contributed by atoms with Gasteiger partial charge in [0.25, 0.3) is 0 Å². The molecule has 0 spiro atoms. The third-order valence-electron chi connectivity index (χ3n) is 2.21. The van der Waals surface area contributed by atoms with Gasteiger partial charge in [-0.3, -0.25) is 0 Å². The smallest absolute Gasteiger partial charge is 0.358 e. The van der Waals surface area contributed by atoms with E-state index in [1.165, 1.54) is 0 Å². The molecule has 4 nitrogen and oxygen atoms in total. The summed E-state index contributed by atoms with van der Waals surface area (Å²) >= 11 is 3.30. The van der Waals surface area contributed by atoms with Crippen molar-refractivity contribution in [2.45, 2.75) is 6.92 Å². The number of aromatic nitrogens is 1. The SMILES string of the molecule is CCOC(=O)c1[nH]c2ccc(Br)cc2c1O. The fourth-order valence-corrected chi connectivity index (χ4v) is 1.86. The molecule has 16 heavy (non-hydrogen) atoms. The number of fused-ring (bicyclic) bond motifs is 1. The van der Waals surface area contributed by atoms with E-state index in [9.17, 15) is 9.90 Å². The predicted molar refractivity (Wildman–Crippen MR) is 63.6 cm³/mol. The summed E-state index contributed by atoms with van der Waals surface area (Å²) in [5.41, 5.74) is 0.790. The summed E-state index contributed by atoms with van der Waals surface area (Å²) < 4.78 is 5.66. The Balaban J connectivity index is 2.56. The van der Waals surface area contributed by atoms with Crippen LogP contribution in [0, 0.1) is 0 Å². The predicted octanol–water partition coefficient (Wildman–Crippen LogP) is 2.81. The fourth-order valence-electron chi connectivity index (χ4n) is 1.50. The monoisotopic (exact) mass is 283 g/mol. The van der Waals surface area contributed by atoms with Crippen molar-refractivity contribution in [3.8, 4) is 5.75 Å². The minimum Gasteiger partial charge on any atom is -0.505 e. The Morgan fingerprint density at radius 3 is 3.00 bits per heavy atom. The standard InChI is InChI=1S/C11H10BrNO3/c1-2-16-11(15)9-10(14)7-5-6(12)3-4-8(7)13-9/h3-5,13-14H,2H2,1H3. The second-order valence-corrected chi connectivity index (χ2v) is 4.17. The van der Waals surface area contributed by atoms with E-state index in [1.807, 2.05) is 6.07 Å². The van der Waals surface area contributed by atoms with Crippen LogP contribution in [0.1, 0.15) is 17.4 Å². The zero-order valence-electron chi connectivity index (χ0n) is 8.58. The van der Waals surface area contributed by atoms with Crippen LogP contribution in [0.3, 0.4) is 0 Å². The maximum Gasteiger partial charge on any atom is 0.358 e. The Labute approximate surface area is 100 Å².